The summed E-state index contributed by atoms with van der Waals surface area (Å²) in [7, 11) is -1.53. The monoisotopic (exact) mass is 298 g/mol. The van der Waals surface area contributed by atoms with E-state index in [0.29, 0.717) is 13.0 Å². The number of nitrogens with one attached hydrogen (secondary N) is 1. The van der Waals surface area contributed by atoms with E-state index in [9.17, 15) is 8.42 Å². The molecule has 0 aliphatic heterocycles. The third-order valence-corrected chi connectivity index (χ3v) is 3.76. The molecule has 110 valence electrons. The number of hydrogen-bond donors (Lipinski definition) is 2. The summed E-state index contributed by atoms with van der Waals surface area (Å²) in [6.07, 6.45) is 5.58. The van der Waals surface area contributed by atoms with Gasteiger partial charge < -0.3 is 14.3 Å². The molecule has 0 saturated carbocycles. The largest absolute Gasteiger partial charge is 0.467 e. The molecule has 2 aromatic rings. The molecule has 20 heavy (non-hydrogen) atoms. The first kappa shape index (κ1) is 14.8. The molecular formula is C12H18N4O3S. The number of nitrogens with zero attached hydrogens (tertiary/aromatic N) is 2. The van der Waals surface area contributed by atoms with Gasteiger partial charge in [0.1, 0.15) is 17.6 Å². The van der Waals surface area contributed by atoms with Gasteiger partial charge in [-0.1, -0.05) is 0 Å². The highest BCUT2D eigenvalue weighted by atomic mass is 32.2. The number of furan rings is 1. The molecule has 2 aromatic heterocycles. The molecule has 0 aliphatic rings. The number of primary sulfonamides is 1. The van der Waals surface area contributed by atoms with Gasteiger partial charge >= 0.3 is 0 Å². The summed E-state index contributed by atoms with van der Waals surface area (Å²) in [5.41, 5.74) is 0. The maximum atomic E-state index is 10.9. The summed E-state index contributed by atoms with van der Waals surface area (Å²) in [6, 6.07) is 3.44. The first-order valence-electron chi connectivity index (χ1n) is 6.22. The summed E-state index contributed by atoms with van der Waals surface area (Å²) in [5.74, 6) is 1.48. The van der Waals surface area contributed by atoms with Crippen LogP contribution >= 0.6 is 0 Å². The normalized spacial score (nSPS) is 13.5. The SMILES string of the molecule is Cn1ccnc1C(NCCCS(N)(=O)=O)c1ccco1. The fraction of sp³-hybridized carbons (Fsp3) is 0.417. The Morgan fingerprint density at radius 2 is 2.35 bits per heavy atom. The van der Waals surface area contributed by atoms with Gasteiger partial charge in [0.25, 0.3) is 0 Å². The lowest BCUT2D eigenvalue weighted by molar-refractivity contribution is 0.430. The van der Waals surface area contributed by atoms with Crippen molar-refractivity contribution >= 4 is 10.0 Å². The highest BCUT2D eigenvalue weighted by molar-refractivity contribution is 7.89. The topological polar surface area (TPSA) is 103 Å². The zero-order valence-electron chi connectivity index (χ0n) is 11.2. The van der Waals surface area contributed by atoms with Crippen LogP contribution in [0, 0.1) is 0 Å². The fourth-order valence-corrected chi connectivity index (χ4v) is 2.50. The van der Waals surface area contributed by atoms with Gasteiger partial charge in [0.2, 0.25) is 10.0 Å². The molecule has 2 heterocycles. The Hall–Kier alpha value is -1.64. The van der Waals surface area contributed by atoms with Gasteiger partial charge in [-0.2, -0.15) is 0 Å². The summed E-state index contributed by atoms with van der Waals surface area (Å²) in [4.78, 5) is 4.30. The Morgan fingerprint density at radius 1 is 1.55 bits per heavy atom. The van der Waals surface area contributed by atoms with Crippen molar-refractivity contribution in [3.63, 3.8) is 0 Å². The van der Waals surface area contributed by atoms with E-state index in [1.807, 2.05) is 23.9 Å². The molecule has 0 spiro atoms. The van der Waals surface area contributed by atoms with E-state index in [2.05, 4.69) is 10.3 Å². The maximum absolute atomic E-state index is 10.9. The Labute approximate surface area is 117 Å². The number of imidazole rings is 1. The van der Waals surface area contributed by atoms with Gasteiger partial charge in [0, 0.05) is 19.4 Å². The first-order chi connectivity index (χ1) is 9.47. The Kier molecular flexibility index (Phi) is 4.58. The van der Waals surface area contributed by atoms with Gasteiger partial charge in [-0.15, -0.1) is 0 Å². The van der Waals surface area contributed by atoms with Crippen LogP contribution < -0.4 is 10.5 Å². The van der Waals surface area contributed by atoms with Crippen molar-refractivity contribution in [2.75, 3.05) is 12.3 Å². The van der Waals surface area contributed by atoms with Gasteiger partial charge in [0.05, 0.1) is 12.0 Å². The number of aryl methyl sites for hydroxylation is 1. The number of hydrogen-bond acceptors (Lipinski definition) is 5. The summed E-state index contributed by atoms with van der Waals surface area (Å²) >= 11 is 0. The fourth-order valence-electron chi connectivity index (χ4n) is 1.95. The minimum absolute atomic E-state index is 0.0502. The quantitative estimate of drug-likeness (QED) is 0.719. The molecule has 0 radical (unpaired) electrons. The predicted octanol–water partition coefficient (Wildman–Crippen LogP) is 0.371. The third-order valence-electron chi connectivity index (χ3n) is 2.90. The zero-order chi connectivity index (χ0) is 14.6. The molecule has 0 saturated heterocycles. The number of sulfonamides is 1. The lowest BCUT2D eigenvalue weighted by atomic mass is 10.2. The standard InChI is InChI=1S/C12H18N4O3S/c1-16-7-6-15-12(16)11(10-4-2-8-19-10)14-5-3-9-20(13,17)18/h2,4,6-8,11,14H,3,5,9H2,1H3,(H2,13,17,18). The lowest BCUT2D eigenvalue weighted by Crippen LogP contribution is -2.28. The van der Waals surface area contributed by atoms with Crippen molar-refractivity contribution < 1.29 is 12.8 Å². The molecule has 0 aromatic carbocycles. The van der Waals surface area contributed by atoms with Crippen molar-refractivity contribution in [2.24, 2.45) is 12.2 Å². The van der Waals surface area contributed by atoms with Crippen LogP contribution in [0.15, 0.2) is 35.2 Å². The maximum Gasteiger partial charge on any atom is 0.209 e. The molecule has 2 rings (SSSR count). The molecule has 7 nitrogen and oxygen atoms in total. The Bertz CT molecular complexity index is 633. The molecule has 1 atom stereocenters. The van der Waals surface area contributed by atoms with Crippen molar-refractivity contribution in [2.45, 2.75) is 12.5 Å². The number of rotatable bonds is 7. The highest BCUT2D eigenvalue weighted by Crippen LogP contribution is 2.20. The van der Waals surface area contributed by atoms with E-state index < -0.39 is 10.0 Å². The summed E-state index contributed by atoms with van der Waals surface area (Å²) < 4.78 is 29.1. The highest BCUT2D eigenvalue weighted by Gasteiger charge is 2.20. The van der Waals surface area contributed by atoms with E-state index >= 15 is 0 Å². The van der Waals surface area contributed by atoms with E-state index in [0.717, 1.165) is 11.6 Å². The minimum atomic E-state index is -3.42. The van der Waals surface area contributed by atoms with E-state index in [4.69, 9.17) is 9.56 Å². The van der Waals surface area contributed by atoms with Crippen LogP contribution in [-0.2, 0) is 17.1 Å². The summed E-state index contributed by atoms with van der Waals surface area (Å²) in [5, 5.41) is 8.22. The van der Waals surface area contributed by atoms with Gasteiger partial charge in [-0.05, 0) is 25.1 Å². The Balaban J connectivity index is 2.04. The second kappa shape index (κ2) is 6.21. The smallest absolute Gasteiger partial charge is 0.209 e. The third kappa shape index (κ3) is 3.92. The van der Waals surface area contributed by atoms with Crippen LogP contribution in [0.25, 0.3) is 0 Å². The predicted molar refractivity (Wildman–Crippen MR) is 74.4 cm³/mol. The van der Waals surface area contributed by atoms with Crippen molar-refractivity contribution in [1.29, 1.82) is 0 Å². The average molecular weight is 298 g/mol. The van der Waals surface area contributed by atoms with Crippen molar-refractivity contribution in [3.05, 3.63) is 42.4 Å². The molecule has 0 amide bonds. The van der Waals surface area contributed by atoms with Crippen LogP contribution in [-0.4, -0.2) is 30.3 Å². The molecule has 0 fully saturated rings. The van der Waals surface area contributed by atoms with Crippen LogP contribution in [0.5, 0.6) is 0 Å². The number of aromatic nitrogens is 2. The van der Waals surface area contributed by atoms with Crippen LogP contribution in [0.1, 0.15) is 24.0 Å². The van der Waals surface area contributed by atoms with Crippen LogP contribution in [0.3, 0.4) is 0 Å². The Morgan fingerprint density at radius 3 is 2.90 bits per heavy atom. The van der Waals surface area contributed by atoms with E-state index in [1.165, 1.54) is 0 Å². The second-order valence-electron chi connectivity index (χ2n) is 4.52. The summed E-state index contributed by atoms with van der Waals surface area (Å²) in [6.45, 7) is 0.495. The molecule has 0 bridgehead atoms. The molecular weight excluding hydrogens is 280 g/mol. The minimum Gasteiger partial charge on any atom is -0.467 e. The zero-order valence-corrected chi connectivity index (χ0v) is 12.0. The van der Waals surface area contributed by atoms with Crippen LogP contribution in [0.2, 0.25) is 0 Å². The van der Waals surface area contributed by atoms with Gasteiger partial charge in [-0.25, -0.2) is 18.5 Å². The van der Waals surface area contributed by atoms with E-state index in [-0.39, 0.29) is 11.8 Å². The molecule has 0 aliphatic carbocycles. The lowest BCUT2D eigenvalue weighted by Gasteiger charge is -2.16. The van der Waals surface area contributed by atoms with Crippen molar-refractivity contribution in [3.8, 4) is 0 Å². The van der Waals surface area contributed by atoms with Crippen LogP contribution in [0.4, 0.5) is 0 Å². The average Bonchev–Trinajstić information content (AvgIpc) is 3.00. The van der Waals surface area contributed by atoms with Gasteiger partial charge in [0.15, 0.2) is 0 Å². The second-order valence-corrected chi connectivity index (χ2v) is 6.25. The number of nitrogens with two attached hydrogens (primary N) is 1. The molecule has 8 heteroatoms. The van der Waals surface area contributed by atoms with Crippen molar-refractivity contribution in [1.82, 2.24) is 14.9 Å². The van der Waals surface area contributed by atoms with E-state index in [1.54, 1.807) is 18.5 Å². The van der Waals surface area contributed by atoms with Gasteiger partial charge in [-0.3, -0.25) is 0 Å². The first-order valence-corrected chi connectivity index (χ1v) is 7.93. The molecule has 3 N–H and O–H groups in total. The molecule has 1 unspecified atom stereocenters.